The van der Waals surface area contributed by atoms with Crippen molar-refractivity contribution in [3.63, 3.8) is 0 Å². The van der Waals surface area contributed by atoms with E-state index in [0.29, 0.717) is 0 Å². The molecule has 20 heavy (non-hydrogen) atoms. The molecule has 108 valence electrons. The van der Waals surface area contributed by atoms with Gasteiger partial charge < -0.3 is 9.68 Å². The van der Waals surface area contributed by atoms with Gasteiger partial charge in [-0.15, -0.1) is 20.2 Å². The number of nitro groups is 1. The highest BCUT2D eigenvalue weighted by atomic mass is 17.0. The van der Waals surface area contributed by atoms with E-state index in [1.54, 1.807) is 0 Å². The van der Waals surface area contributed by atoms with Crippen LogP contribution >= 0.6 is 0 Å². The fourth-order valence-electron chi connectivity index (χ4n) is 1.53. The Kier molecular flexibility index (Phi) is 5.14. The summed E-state index contributed by atoms with van der Waals surface area (Å²) in [4.78, 5) is 38.7. The van der Waals surface area contributed by atoms with E-state index in [0.717, 1.165) is 0 Å². The molecule has 1 aromatic carbocycles. The Balaban J connectivity index is 2.98. The minimum Gasteiger partial charge on any atom is -0.313 e. The molecule has 1 aromatic rings. The van der Waals surface area contributed by atoms with Gasteiger partial charge in [-0.2, -0.15) is 0 Å². The number of nitro benzene ring substituents is 1. The molecule has 0 spiro atoms. The van der Waals surface area contributed by atoms with Crippen LogP contribution in [0.3, 0.4) is 0 Å². The fourth-order valence-corrected chi connectivity index (χ4v) is 1.53. The second kappa shape index (κ2) is 6.82. The average Bonchev–Trinajstić information content (AvgIpc) is 2.38. The topological polar surface area (TPSA) is 148 Å². The van der Waals surface area contributed by atoms with Crippen molar-refractivity contribution in [2.45, 2.75) is 5.92 Å². The number of hydrogen-bond acceptors (Lipinski definition) is 8. The fraction of sp³-hybridized carbons (Fsp3) is 0.333. The lowest BCUT2D eigenvalue weighted by Gasteiger charge is -2.14. The van der Waals surface area contributed by atoms with Crippen LogP contribution in [0.2, 0.25) is 0 Å². The maximum absolute atomic E-state index is 10.9. The van der Waals surface area contributed by atoms with Crippen molar-refractivity contribution in [1.29, 1.82) is 0 Å². The number of hydrogen-bond donors (Lipinski definition) is 0. The molecule has 0 bridgehead atoms. The molecule has 0 N–H and O–H groups in total. The molecule has 0 heterocycles. The van der Waals surface area contributed by atoms with Crippen LogP contribution in [-0.4, -0.2) is 28.3 Å². The van der Waals surface area contributed by atoms with Crippen LogP contribution in [-0.2, 0) is 9.68 Å². The summed E-state index contributed by atoms with van der Waals surface area (Å²) >= 11 is 0. The van der Waals surface area contributed by atoms with Crippen molar-refractivity contribution in [3.05, 3.63) is 60.2 Å². The second-order valence-corrected chi connectivity index (χ2v) is 3.55. The molecule has 11 nitrogen and oxygen atoms in total. The smallest absolute Gasteiger partial charge is 0.294 e. The summed E-state index contributed by atoms with van der Waals surface area (Å²) in [5.74, 6) is -1.02. The number of rotatable bonds is 8. The van der Waals surface area contributed by atoms with Crippen molar-refractivity contribution in [1.82, 2.24) is 0 Å². The maximum Gasteiger partial charge on any atom is 0.294 e. The van der Waals surface area contributed by atoms with E-state index in [-0.39, 0.29) is 11.3 Å². The van der Waals surface area contributed by atoms with Crippen LogP contribution in [0.4, 0.5) is 5.69 Å². The van der Waals surface area contributed by atoms with E-state index < -0.39 is 34.2 Å². The van der Waals surface area contributed by atoms with Crippen LogP contribution in [0.25, 0.3) is 0 Å². The van der Waals surface area contributed by atoms with Crippen molar-refractivity contribution in [2.75, 3.05) is 13.2 Å². The van der Waals surface area contributed by atoms with Gasteiger partial charge in [0.05, 0.1) is 4.92 Å². The highest BCUT2D eigenvalue weighted by Crippen LogP contribution is 2.27. The first kappa shape index (κ1) is 15.1. The van der Waals surface area contributed by atoms with Crippen LogP contribution in [0, 0.1) is 30.3 Å². The van der Waals surface area contributed by atoms with Crippen LogP contribution in [0.5, 0.6) is 0 Å². The summed E-state index contributed by atoms with van der Waals surface area (Å²) in [5.41, 5.74) is -0.266. The van der Waals surface area contributed by atoms with E-state index in [4.69, 9.17) is 0 Å². The van der Waals surface area contributed by atoms with Gasteiger partial charge in [-0.3, -0.25) is 10.1 Å². The van der Waals surface area contributed by atoms with E-state index in [2.05, 4.69) is 9.68 Å². The predicted octanol–water partition coefficient (Wildman–Crippen LogP) is 1.09. The second-order valence-electron chi connectivity index (χ2n) is 3.55. The van der Waals surface area contributed by atoms with E-state index in [1.165, 1.54) is 24.3 Å². The lowest BCUT2D eigenvalue weighted by Crippen LogP contribution is -2.19. The third kappa shape index (κ3) is 4.36. The van der Waals surface area contributed by atoms with Crippen molar-refractivity contribution < 1.29 is 24.8 Å². The largest absolute Gasteiger partial charge is 0.313 e. The summed E-state index contributed by atoms with van der Waals surface area (Å²) in [5, 5.41) is 29.0. The molecule has 0 atom stereocenters. The van der Waals surface area contributed by atoms with Gasteiger partial charge in [-0.25, -0.2) is 0 Å². The zero-order chi connectivity index (χ0) is 15.1. The first-order valence-corrected chi connectivity index (χ1v) is 5.19. The quantitative estimate of drug-likeness (QED) is 0.509. The predicted molar refractivity (Wildman–Crippen MR) is 61.7 cm³/mol. The van der Waals surface area contributed by atoms with Gasteiger partial charge in [0.15, 0.2) is 0 Å². The molecule has 0 radical (unpaired) electrons. The maximum atomic E-state index is 10.9. The molecule has 0 saturated carbocycles. The molecule has 0 fully saturated rings. The van der Waals surface area contributed by atoms with Gasteiger partial charge in [0.25, 0.3) is 15.9 Å². The summed E-state index contributed by atoms with van der Waals surface area (Å²) in [6.45, 7) is -1.18. The molecule has 1 rings (SSSR count). The van der Waals surface area contributed by atoms with Gasteiger partial charge in [0.1, 0.15) is 13.2 Å². The SMILES string of the molecule is O=[N+]([O-])OCC(CO[N+](=O)[O-])c1ccccc1[N+](=O)[O-]. The monoisotopic (exact) mass is 287 g/mol. The van der Waals surface area contributed by atoms with Crippen LogP contribution < -0.4 is 0 Å². The third-order valence-corrected chi connectivity index (χ3v) is 2.34. The molecule has 0 aliphatic carbocycles. The van der Waals surface area contributed by atoms with Crippen molar-refractivity contribution in [3.8, 4) is 0 Å². The molecule has 0 aliphatic rings. The first-order chi connectivity index (χ1) is 9.41. The Bertz CT molecular complexity index is 502. The van der Waals surface area contributed by atoms with E-state index in [9.17, 15) is 30.3 Å². The Morgan fingerprint density at radius 3 is 1.90 bits per heavy atom. The van der Waals surface area contributed by atoms with Crippen LogP contribution in [0.15, 0.2) is 24.3 Å². The lowest BCUT2D eigenvalue weighted by molar-refractivity contribution is -0.767. The molecule has 0 saturated heterocycles. The number of para-hydroxylation sites is 1. The van der Waals surface area contributed by atoms with Gasteiger partial charge >= 0.3 is 0 Å². The van der Waals surface area contributed by atoms with Gasteiger partial charge in [-0.05, 0) is 0 Å². The molecule has 0 aliphatic heterocycles. The first-order valence-electron chi connectivity index (χ1n) is 5.19. The van der Waals surface area contributed by atoms with Crippen LogP contribution in [0.1, 0.15) is 11.5 Å². The molecule has 0 aromatic heterocycles. The zero-order valence-corrected chi connectivity index (χ0v) is 9.91. The normalized spacial score (nSPS) is 10.1. The minimum atomic E-state index is -1.09. The highest BCUT2D eigenvalue weighted by Gasteiger charge is 2.24. The van der Waals surface area contributed by atoms with Gasteiger partial charge in [-0.1, -0.05) is 18.2 Å². The molecule has 0 amide bonds. The van der Waals surface area contributed by atoms with Crippen molar-refractivity contribution in [2.24, 2.45) is 0 Å². The standard InChI is InChI=1S/C9H9N3O8/c13-10(14)9-4-2-1-3-8(9)7(5-19-11(15)16)6-20-12(17)18/h1-4,7H,5-6H2. The lowest BCUT2D eigenvalue weighted by atomic mass is 9.99. The number of benzene rings is 1. The number of nitrogens with zero attached hydrogens (tertiary/aromatic N) is 3. The third-order valence-electron chi connectivity index (χ3n) is 2.34. The van der Waals surface area contributed by atoms with E-state index >= 15 is 0 Å². The Morgan fingerprint density at radius 1 is 0.950 bits per heavy atom. The summed E-state index contributed by atoms with van der Waals surface area (Å²) in [7, 11) is 0. The average molecular weight is 287 g/mol. The zero-order valence-electron chi connectivity index (χ0n) is 9.91. The summed E-state index contributed by atoms with van der Waals surface area (Å²) in [6, 6.07) is 5.38. The molecular formula is C9H9N3O8. The Hall–Kier alpha value is -2.98. The minimum absolute atomic E-state index is 0.0567. The summed E-state index contributed by atoms with van der Waals surface area (Å²) in [6.07, 6.45) is 0. The van der Waals surface area contributed by atoms with E-state index in [1.807, 2.05) is 0 Å². The molecule has 0 unspecified atom stereocenters. The van der Waals surface area contributed by atoms with Gasteiger partial charge in [0.2, 0.25) is 0 Å². The molecule has 11 heteroatoms. The summed E-state index contributed by atoms with van der Waals surface area (Å²) < 4.78 is 0. The van der Waals surface area contributed by atoms with Gasteiger partial charge in [0, 0.05) is 17.5 Å². The highest BCUT2D eigenvalue weighted by molar-refractivity contribution is 5.42. The Morgan fingerprint density at radius 2 is 1.45 bits per heavy atom. The Labute approximate surface area is 111 Å². The molecular weight excluding hydrogens is 278 g/mol. The van der Waals surface area contributed by atoms with Crippen molar-refractivity contribution >= 4 is 5.69 Å².